The van der Waals surface area contributed by atoms with Gasteiger partial charge in [-0.25, -0.2) is 0 Å². The van der Waals surface area contributed by atoms with Crippen LogP contribution in [0.5, 0.6) is 0 Å². The highest BCUT2D eigenvalue weighted by atomic mass is 127. The van der Waals surface area contributed by atoms with Gasteiger partial charge in [-0.1, -0.05) is 26.2 Å². The van der Waals surface area contributed by atoms with Crippen LogP contribution in [0.2, 0.25) is 0 Å². The molecule has 112 valence electrons. The highest BCUT2D eigenvalue weighted by Crippen LogP contribution is 2.30. The number of aliphatic imine (C=N–C) groups is 1. The third-order valence-corrected chi connectivity index (χ3v) is 4.39. The van der Waals surface area contributed by atoms with Crippen LogP contribution in [-0.4, -0.2) is 43.7 Å². The van der Waals surface area contributed by atoms with Gasteiger partial charge in [0.2, 0.25) is 0 Å². The number of hydrogen-bond donors (Lipinski definition) is 1. The second-order valence-corrected chi connectivity index (χ2v) is 5.59. The smallest absolute Gasteiger partial charge is 0.191 e. The second kappa shape index (κ2) is 9.00. The third-order valence-electron chi connectivity index (χ3n) is 4.39. The SMILES string of the molecule is CCC1CCC(CN=C(N)N2CCOCC2)CC1.I. The van der Waals surface area contributed by atoms with E-state index < -0.39 is 0 Å². The molecule has 1 heterocycles. The zero-order valence-corrected chi connectivity index (χ0v) is 14.3. The summed E-state index contributed by atoms with van der Waals surface area (Å²) in [6.45, 7) is 6.55. The molecule has 1 aliphatic carbocycles. The maximum Gasteiger partial charge on any atom is 0.191 e. The summed E-state index contributed by atoms with van der Waals surface area (Å²) < 4.78 is 5.32. The van der Waals surface area contributed by atoms with Gasteiger partial charge in [0.1, 0.15) is 0 Å². The Morgan fingerprint density at radius 1 is 1.16 bits per heavy atom. The van der Waals surface area contributed by atoms with Crippen molar-refractivity contribution in [3.05, 3.63) is 0 Å². The van der Waals surface area contributed by atoms with Crippen LogP contribution in [0, 0.1) is 11.8 Å². The van der Waals surface area contributed by atoms with Crippen LogP contribution in [0.25, 0.3) is 0 Å². The van der Waals surface area contributed by atoms with Crippen LogP contribution in [0.3, 0.4) is 0 Å². The lowest BCUT2D eigenvalue weighted by Crippen LogP contribution is -2.45. The second-order valence-electron chi connectivity index (χ2n) is 5.59. The van der Waals surface area contributed by atoms with Crippen molar-refractivity contribution >= 4 is 29.9 Å². The Balaban J connectivity index is 0.00000180. The Morgan fingerprint density at radius 3 is 2.32 bits per heavy atom. The molecule has 2 rings (SSSR count). The van der Waals surface area contributed by atoms with Crippen molar-refractivity contribution in [1.29, 1.82) is 0 Å². The summed E-state index contributed by atoms with van der Waals surface area (Å²) in [5, 5.41) is 0. The summed E-state index contributed by atoms with van der Waals surface area (Å²) in [5.41, 5.74) is 6.04. The summed E-state index contributed by atoms with van der Waals surface area (Å²) in [7, 11) is 0. The maximum absolute atomic E-state index is 6.04. The number of nitrogens with zero attached hydrogens (tertiary/aromatic N) is 2. The standard InChI is InChI=1S/C14H27N3O.HI/c1-2-12-3-5-13(6-4-12)11-16-14(15)17-7-9-18-10-8-17;/h12-13H,2-11H2,1H3,(H2,15,16);1H. The van der Waals surface area contributed by atoms with E-state index in [-0.39, 0.29) is 24.0 Å². The van der Waals surface area contributed by atoms with Crippen molar-refractivity contribution in [1.82, 2.24) is 4.90 Å². The first-order chi connectivity index (χ1) is 8.79. The molecule has 0 atom stereocenters. The maximum atomic E-state index is 6.04. The molecule has 1 aliphatic heterocycles. The summed E-state index contributed by atoms with van der Waals surface area (Å²) >= 11 is 0. The van der Waals surface area contributed by atoms with Crippen LogP contribution in [-0.2, 0) is 4.74 Å². The number of nitrogens with two attached hydrogens (primary N) is 1. The summed E-state index contributed by atoms with van der Waals surface area (Å²) in [6, 6.07) is 0. The topological polar surface area (TPSA) is 50.8 Å². The lowest BCUT2D eigenvalue weighted by molar-refractivity contribution is 0.0673. The zero-order chi connectivity index (χ0) is 12.8. The summed E-state index contributed by atoms with van der Waals surface area (Å²) in [5.74, 6) is 2.44. The van der Waals surface area contributed by atoms with E-state index >= 15 is 0 Å². The van der Waals surface area contributed by atoms with Gasteiger partial charge in [0, 0.05) is 19.6 Å². The molecule has 0 amide bonds. The minimum atomic E-state index is 0. The van der Waals surface area contributed by atoms with Gasteiger partial charge >= 0.3 is 0 Å². The van der Waals surface area contributed by atoms with Gasteiger partial charge in [-0.3, -0.25) is 4.99 Å². The van der Waals surface area contributed by atoms with Crippen LogP contribution in [0.1, 0.15) is 39.0 Å². The van der Waals surface area contributed by atoms with Crippen molar-refractivity contribution in [2.75, 3.05) is 32.8 Å². The first-order valence-electron chi connectivity index (χ1n) is 7.42. The van der Waals surface area contributed by atoms with Gasteiger partial charge < -0.3 is 15.4 Å². The molecule has 19 heavy (non-hydrogen) atoms. The number of hydrogen-bond acceptors (Lipinski definition) is 2. The third kappa shape index (κ3) is 5.45. The Bertz CT molecular complexity index is 272. The Hall–Kier alpha value is -0.0400. The number of halogens is 1. The number of rotatable bonds is 3. The van der Waals surface area contributed by atoms with Crippen molar-refractivity contribution in [2.45, 2.75) is 39.0 Å². The monoisotopic (exact) mass is 381 g/mol. The molecule has 1 saturated carbocycles. The Kier molecular flexibility index (Phi) is 8.06. The zero-order valence-electron chi connectivity index (χ0n) is 12.0. The highest BCUT2D eigenvalue weighted by molar-refractivity contribution is 14.0. The molecule has 4 nitrogen and oxygen atoms in total. The summed E-state index contributed by atoms with van der Waals surface area (Å²) in [4.78, 5) is 6.73. The molecule has 1 saturated heterocycles. The molecule has 2 fully saturated rings. The van der Waals surface area contributed by atoms with Crippen molar-refractivity contribution in [3.8, 4) is 0 Å². The van der Waals surface area contributed by atoms with E-state index in [1.807, 2.05) is 0 Å². The molecule has 0 aromatic heterocycles. The first-order valence-corrected chi connectivity index (χ1v) is 7.42. The predicted octanol–water partition coefficient (Wildman–Crippen LogP) is 2.47. The average Bonchev–Trinajstić information content (AvgIpc) is 2.46. The van der Waals surface area contributed by atoms with Crippen LogP contribution >= 0.6 is 24.0 Å². The van der Waals surface area contributed by atoms with E-state index in [0.29, 0.717) is 0 Å². The molecular formula is C14H28IN3O. The van der Waals surface area contributed by atoms with Crippen molar-refractivity contribution in [2.24, 2.45) is 22.6 Å². The number of morpholine rings is 1. The Labute approximate surface area is 134 Å². The molecule has 0 aromatic rings. The minimum absolute atomic E-state index is 0. The van der Waals surface area contributed by atoms with Gasteiger partial charge in [-0.2, -0.15) is 0 Å². The molecule has 0 unspecified atom stereocenters. The van der Waals surface area contributed by atoms with E-state index in [1.54, 1.807) is 0 Å². The fourth-order valence-electron chi connectivity index (χ4n) is 2.94. The van der Waals surface area contributed by atoms with Gasteiger partial charge in [0.25, 0.3) is 0 Å². The van der Waals surface area contributed by atoms with Crippen molar-refractivity contribution < 1.29 is 4.74 Å². The fraction of sp³-hybridized carbons (Fsp3) is 0.929. The lowest BCUT2D eigenvalue weighted by atomic mass is 9.81. The van der Waals surface area contributed by atoms with Crippen molar-refractivity contribution in [3.63, 3.8) is 0 Å². The molecule has 0 aromatic carbocycles. The fourth-order valence-corrected chi connectivity index (χ4v) is 2.94. The molecule has 0 bridgehead atoms. The quantitative estimate of drug-likeness (QED) is 0.464. The van der Waals surface area contributed by atoms with Gasteiger partial charge in [-0.15, -0.1) is 24.0 Å². The molecule has 5 heteroatoms. The molecule has 0 spiro atoms. The van der Waals surface area contributed by atoms with Gasteiger partial charge in [-0.05, 0) is 24.7 Å². The van der Waals surface area contributed by atoms with Crippen LogP contribution in [0.4, 0.5) is 0 Å². The summed E-state index contributed by atoms with van der Waals surface area (Å²) in [6.07, 6.45) is 6.77. The molecular weight excluding hydrogens is 353 g/mol. The predicted molar refractivity (Wildman–Crippen MR) is 90.0 cm³/mol. The van der Waals surface area contributed by atoms with Gasteiger partial charge in [0.05, 0.1) is 13.2 Å². The van der Waals surface area contributed by atoms with E-state index in [0.717, 1.165) is 50.6 Å². The minimum Gasteiger partial charge on any atom is -0.378 e. The largest absolute Gasteiger partial charge is 0.378 e. The van der Waals surface area contributed by atoms with E-state index in [9.17, 15) is 0 Å². The van der Waals surface area contributed by atoms with Gasteiger partial charge in [0.15, 0.2) is 5.96 Å². The highest BCUT2D eigenvalue weighted by Gasteiger charge is 2.20. The lowest BCUT2D eigenvalue weighted by Gasteiger charge is -2.29. The number of ether oxygens (including phenoxy) is 1. The van der Waals surface area contributed by atoms with E-state index in [1.165, 1.54) is 32.1 Å². The van der Waals surface area contributed by atoms with Crippen LogP contribution in [0.15, 0.2) is 4.99 Å². The number of guanidine groups is 1. The van der Waals surface area contributed by atoms with E-state index in [2.05, 4.69) is 16.8 Å². The average molecular weight is 381 g/mol. The first kappa shape index (κ1) is 17.0. The normalized spacial score (nSPS) is 28.9. The van der Waals surface area contributed by atoms with Crippen LogP contribution < -0.4 is 5.73 Å². The molecule has 2 N–H and O–H groups in total. The molecule has 0 radical (unpaired) electrons. The Morgan fingerprint density at radius 2 is 1.74 bits per heavy atom. The molecule has 2 aliphatic rings. The van der Waals surface area contributed by atoms with E-state index in [4.69, 9.17) is 10.5 Å².